The third-order valence-corrected chi connectivity index (χ3v) is 7.16. The van der Waals surface area contributed by atoms with E-state index in [1.54, 1.807) is 5.12 Å². The Hall–Kier alpha value is -3.63. The number of hydrogen-bond donors (Lipinski definition) is 1. The number of fused-ring (bicyclic) bond motifs is 1. The molecular formula is C30H30N3O-. The first-order valence-corrected chi connectivity index (χ1v) is 11.8. The van der Waals surface area contributed by atoms with E-state index in [1.807, 2.05) is 48.6 Å². The predicted octanol–water partition coefficient (Wildman–Crippen LogP) is 5.59. The Balaban J connectivity index is 1.70. The molecule has 2 aliphatic rings. The quantitative estimate of drug-likeness (QED) is 0.554. The first-order chi connectivity index (χ1) is 16.3. The van der Waals surface area contributed by atoms with Crippen LogP contribution >= 0.6 is 0 Å². The van der Waals surface area contributed by atoms with Crippen LogP contribution in [0.2, 0.25) is 0 Å². The van der Waals surface area contributed by atoms with Crippen molar-refractivity contribution in [2.45, 2.75) is 44.6 Å². The molecule has 1 atom stereocenters. The summed E-state index contributed by atoms with van der Waals surface area (Å²) in [5.74, 6) is -0.00933. The summed E-state index contributed by atoms with van der Waals surface area (Å²) in [6, 6.07) is 24.8. The SMILES string of the molecule is CC(C)(c1ccccc1)c1cc(N2N=C3C=CC=CC3N2)c([O-])c(C(C)(C)c2ccccc2)c1. The third kappa shape index (κ3) is 3.74. The molecule has 4 heteroatoms. The van der Waals surface area contributed by atoms with Gasteiger partial charge in [0, 0.05) is 10.8 Å². The highest BCUT2D eigenvalue weighted by atomic mass is 16.3. The molecule has 1 unspecified atom stereocenters. The van der Waals surface area contributed by atoms with Crippen LogP contribution in [0.15, 0.2) is 102 Å². The van der Waals surface area contributed by atoms with Crippen LogP contribution in [0.3, 0.4) is 0 Å². The molecule has 0 amide bonds. The normalized spacial score (nSPS) is 17.6. The van der Waals surface area contributed by atoms with Crippen LogP contribution in [0, 0.1) is 0 Å². The van der Waals surface area contributed by atoms with Crippen LogP contribution in [-0.4, -0.2) is 11.8 Å². The molecule has 172 valence electrons. The van der Waals surface area contributed by atoms with Crippen molar-refractivity contribution >= 4 is 11.4 Å². The van der Waals surface area contributed by atoms with Gasteiger partial charge in [-0.1, -0.05) is 118 Å². The Morgan fingerprint density at radius 1 is 0.794 bits per heavy atom. The Morgan fingerprint density at radius 2 is 1.41 bits per heavy atom. The zero-order chi connectivity index (χ0) is 23.9. The molecule has 4 nitrogen and oxygen atoms in total. The predicted molar refractivity (Wildman–Crippen MR) is 138 cm³/mol. The van der Waals surface area contributed by atoms with Crippen molar-refractivity contribution in [1.82, 2.24) is 5.43 Å². The Morgan fingerprint density at radius 3 is 2.03 bits per heavy atom. The fourth-order valence-corrected chi connectivity index (χ4v) is 4.76. The number of anilines is 1. The summed E-state index contributed by atoms with van der Waals surface area (Å²) >= 11 is 0. The molecule has 0 aromatic heterocycles. The molecular weight excluding hydrogens is 418 g/mol. The van der Waals surface area contributed by atoms with Crippen molar-refractivity contribution in [3.05, 3.63) is 119 Å². The molecule has 1 aliphatic carbocycles. The lowest BCUT2D eigenvalue weighted by atomic mass is 9.72. The number of hydrazine groups is 1. The molecule has 3 aromatic rings. The van der Waals surface area contributed by atoms with Crippen LogP contribution in [0.4, 0.5) is 5.69 Å². The van der Waals surface area contributed by atoms with Crippen molar-refractivity contribution < 1.29 is 5.11 Å². The van der Waals surface area contributed by atoms with Gasteiger partial charge in [0.15, 0.2) is 0 Å². The van der Waals surface area contributed by atoms with Crippen LogP contribution in [0.25, 0.3) is 0 Å². The molecule has 0 bridgehead atoms. The topological polar surface area (TPSA) is 50.7 Å². The minimum absolute atomic E-state index is 0.00933. The average Bonchev–Trinajstić information content (AvgIpc) is 3.29. The molecule has 1 N–H and O–H groups in total. The summed E-state index contributed by atoms with van der Waals surface area (Å²) < 4.78 is 0. The minimum Gasteiger partial charge on any atom is -0.871 e. The van der Waals surface area contributed by atoms with E-state index in [4.69, 9.17) is 5.10 Å². The number of benzene rings is 3. The second-order valence-electron chi connectivity index (χ2n) is 10.0. The van der Waals surface area contributed by atoms with Gasteiger partial charge in [0.2, 0.25) is 0 Å². The molecule has 0 spiro atoms. The van der Waals surface area contributed by atoms with Crippen molar-refractivity contribution in [3.8, 4) is 5.75 Å². The smallest absolute Gasteiger partial charge is 0.0905 e. The highest BCUT2D eigenvalue weighted by molar-refractivity contribution is 6.04. The number of hydrazone groups is 1. The van der Waals surface area contributed by atoms with E-state index in [9.17, 15) is 5.11 Å². The van der Waals surface area contributed by atoms with Gasteiger partial charge in [-0.15, -0.1) is 0 Å². The summed E-state index contributed by atoms with van der Waals surface area (Å²) in [6.45, 7) is 8.66. The number of nitrogens with zero attached hydrogens (tertiary/aromatic N) is 2. The maximum Gasteiger partial charge on any atom is 0.0905 e. The van der Waals surface area contributed by atoms with Gasteiger partial charge in [-0.3, -0.25) is 0 Å². The van der Waals surface area contributed by atoms with E-state index >= 15 is 0 Å². The molecule has 1 aliphatic heterocycles. The molecule has 34 heavy (non-hydrogen) atoms. The highest BCUT2D eigenvalue weighted by Gasteiger charge is 2.32. The third-order valence-electron chi connectivity index (χ3n) is 7.16. The van der Waals surface area contributed by atoms with Crippen molar-refractivity contribution in [2.24, 2.45) is 5.10 Å². The second kappa shape index (κ2) is 8.30. The van der Waals surface area contributed by atoms with Crippen molar-refractivity contribution in [2.75, 3.05) is 5.12 Å². The second-order valence-corrected chi connectivity index (χ2v) is 10.0. The minimum atomic E-state index is -0.477. The van der Waals surface area contributed by atoms with E-state index in [-0.39, 0.29) is 17.2 Å². The van der Waals surface area contributed by atoms with Crippen LogP contribution < -0.4 is 15.7 Å². The van der Waals surface area contributed by atoms with E-state index < -0.39 is 5.41 Å². The number of hydrogen-bond acceptors (Lipinski definition) is 4. The first-order valence-electron chi connectivity index (χ1n) is 11.8. The molecule has 0 saturated heterocycles. The molecule has 0 fully saturated rings. The first kappa shape index (κ1) is 22.2. The van der Waals surface area contributed by atoms with Gasteiger partial charge in [-0.2, -0.15) is 15.6 Å². The summed E-state index contributed by atoms with van der Waals surface area (Å²) in [4.78, 5) is 0. The lowest BCUT2D eigenvalue weighted by Gasteiger charge is -2.37. The van der Waals surface area contributed by atoms with Crippen molar-refractivity contribution in [3.63, 3.8) is 0 Å². The zero-order valence-corrected chi connectivity index (χ0v) is 20.1. The lowest BCUT2D eigenvalue weighted by molar-refractivity contribution is -0.269. The summed E-state index contributed by atoms with van der Waals surface area (Å²) in [5.41, 5.74) is 8.19. The van der Waals surface area contributed by atoms with Gasteiger partial charge in [-0.25, -0.2) is 0 Å². The fraction of sp³-hybridized carbons (Fsp3) is 0.233. The van der Waals surface area contributed by atoms with Gasteiger partial charge in [0.25, 0.3) is 0 Å². The molecule has 0 radical (unpaired) electrons. The monoisotopic (exact) mass is 448 g/mol. The summed E-state index contributed by atoms with van der Waals surface area (Å²) in [7, 11) is 0. The highest BCUT2D eigenvalue weighted by Crippen LogP contribution is 2.44. The van der Waals surface area contributed by atoms with Crippen LogP contribution in [-0.2, 0) is 10.8 Å². The van der Waals surface area contributed by atoms with Gasteiger partial charge >= 0.3 is 0 Å². The number of nitrogens with one attached hydrogen (secondary N) is 1. The molecule has 1 heterocycles. The maximum absolute atomic E-state index is 14.0. The van der Waals surface area contributed by atoms with Gasteiger partial charge in [0.1, 0.15) is 0 Å². The fourth-order valence-electron chi connectivity index (χ4n) is 4.76. The molecule has 3 aromatic carbocycles. The van der Waals surface area contributed by atoms with E-state index in [2.05, 4.69) is 81.7 Å². The number of allylic oxidation sites excluding steroid dienone is 2. The Kier molecular flexibility index (Phi) is 5.41. The summed E-state index contributed by atoms with van der Waals surface area (Å²) in [6.07, 6.45) is 8.00. The molecule has 5 rings (SSSR count). The summed E-state index contributed by atoms with van der Waals surface area (Å²) in [5, 5.41) is 20.4. The van der Waals surface area contributed by atoms with Gasteiger partial charge in [0.05, 0.1) is 17.4 Å². The zero-order valence-electron chi connectivity index (χ0n) is 20.1. The molecule has 0 saturated carbocycles. The van der Waals surface area contributed by atoms with Gasteiger partial charge in [-0.05, 0) is 34.4 Å². The van der Waals surface area contributed by atoms with Crippen LogP contribution in [0.1, 0.15) is 49.9 Å². The Labute approximate surface area is 201 Å². The lowest BCUT2D eigenvalue weighted by Crippen LogP contribution is -2.38. The largest absolute Gasteiger partial charge is 0.871 e. The maximum atomic E-state index is 14.0. The number of rotatable bonds is 5. The van der Waals surface area contributed by atoms with Crippen molar-refractivity contribution in [1.29, 1.82) is 0 Å². The average molecular weight is 449 g/mol. The van der Waals surface area contributed by atoms with E-state index in [0.717, 1.165) is 22.4 Å². The standard InChI is InChI=1S/C30H31N3O/c1-29(2,21-13-7-5-8-14-21)23-19-24(30(3,4)22-15-9-6-10-16-22)28(34)27(20-23)33-31-25-17-11-12-18-26(25)32-33/h5-20,25,31,34H,1-4H3/p-1. The Bertz CT molecular complexity index is 1290. The van der Waals surface area contributed by atoms with Gasteiger partial charge < -0.3 is 5.11 Å². The van der Waals surface area contributed by atoms with E-state index in [0.29, 0.717) is 5.69 Å². The van der Waals surface area contributed by atoms with E-state index in [1.165, 1.54) is 5.56 Å². The van der Waals surface area contributed by atoms with Crippen LogP contribution in [0.5, 0.6) is 5.75 Å².